The molecule has 3 atom stereocenters. The molecule has 2 aliphatic heterocycles. The molecular formula is C29H26ClN9O2. The molecule has 3 aromatic heterocycles. The fourth-order valence-electron chi connectivity index (χ4n) is 5.18. The molecule has 4 aromatic rings. The third kappa shape index (κ3) is 5.21. The number of amides is 2. The van der Waals surface area contributed by atoms with Gasteiger partial charge in [0.25, 0.3) is 0 Å². The summed E-state index contributed by atoms with van der Waals surface area (Å²) in [7, 11) is 1.82. The van der Waals surface area contributed by atoms with Crippen LogP contribution in [-0.4, -0.2) is 52.8 Å². The predicted molar refractivity (Wildman–Crippen MR) is 153 cm³/mol. The summed E-state index contributed by atoms with van der Waals surface area (Å²) >= 11 is 6.34. The molecular weight excluding hydrogens is 542 g/mol. The number of pyridine rings is 1. The normalized spacial score (nSPS) is 20.7. The van der Waals surface area contributed by atoms with Crippen LogP contribution < -0.4 is 5.32 Å². The molecule has 0 radical (unpaired) electrons. The van der Waals surface area contributed by atoms with Gasteiger partial charge in [-0.3, -0.25) is 29.1 Å². The number of carbonyl (C=O) groups excluding carboxylic acids is 2. The van der Waals surface area contributed by atoms with Crippen LogP contribution in [0.2, 0.25) is 5.02 Å². The lowest BCUT2D eigenvalue weighted by atomic mass is 9.96. The quantitative estimate of drug-likeness (QED) is 0.371. The van der Waals surface area contributed by atoms with Gasteiger partial charge >= 0.3 is 5.91 Å². The summed E-state index contributed by atoms with van der Waals surface area (Å²) in [5.74, 6) is 5.09. The van der Waals surface area contributed by atoms with Crippen molar-refractivity contribution >= 4 is 35.4 Å². The first kappa shape index (κ1) is 26.4. The van der Waals surface area contributed by atoms with Crippen molar-refractivity contribution in [3.8, 4) is 28.8 Å². The Kier molecular flexibility index (Phi) is 7.07. The number of nitrogens with one attached hydrogen (secondary N) is 1. The fraction of sp³-hybridized carbons (Fsp3) is 0.276. The summed E-state index contributed by atoms with van der Waals surface area (Å²) in [6, 6.07) is 8.04. The number of anilines is 1. The molecule has 206 valence electrons. The Balaban J connectivity index is 1.40. The molecule has 11 nitrogen and oxygen atoms in total. The first-order valence-corrected chi connectivity index (χ1v) is 13.6. The Hall–Kier alpha value is -4.82. The molecule has 1 aromatic carbocycles. The van der Waals surface area contributed by atoms with Gasteiger partial charge in [-0.05, 0) is 49.1 Å². The van der Waals surface area contributed by atoms with Crippen molar-refractivity contribution in [1.29, 1.82) is 0 Å². The number of hydrogen-bond donors (Lipinski definition) is 1. The van der Waals surface area contributed by atoms with Crippen LogP contribution in [0.25, 0.3) is 16.9 Å². The van der Waals surface area contributed by atoms with E-state index in [9.17, 15) is 9.59 Å². The maximum atomic E-state index is 13.5. The molecule has 0 fully saturated rings. The predicted octanol–water partition coefficient (Wildman–Crippen LogP) is 4.13. The van der Waals surface area contributed by atoms with Crippen molar-refractivity contribution < 1.29 is 9.59 Å². The lowest BCUT2D eigenvalue weighted by Gasteiger charge is -2.27. The van der Waals surface area contributed by atoms with Gasteiger partial charge in [0.05, 0.1) is 53.7 Å². The summed E-state index contributed by atoms with van der Waals surface area (Å²) in [5, 5.41) is 15.9. The summed E-state index contributed by atoms with van der Waals surface area (Å²) in [6.45, 7) is 1.90. The Morgan fingerprint density at radius 3 is 2.83 bits per heavy atom. The highest BCUT2D eigenvalue weighted by molar-refractivity contribution is 6.30. The minimum Gasteiger partial charge on any atom is -0.323 e. The molecule has 0 saturated heterocycles. The van der Waals surface area contributed by atoms with Gasteiger partial charge in [-0.25, -0.2) is 4.68 Å². The molecule has 2 bridgehead atoms. The van der Waals surface area contributed by atoms with E-state index in [2.05, 4.69) is 37.6 Å². The molecule has 0 spiro atoms. The monoisotopic (exact) mass is 567 g/mol. The highest BCUT2D eigenvalue weighted by atomic mass is 35.5. The van der Waals surface area contributed by atoms with Crippen molar-refractivity contribution in [3.63, 3.8) is 0 Å². The average Bonchev–Trinajstić information content (AvgIpc) is 3.58. The molecule has 2 aliphatic rings. The minimum atomic E-state index is -0.659. The van der Waals surface area contributed by atoms with Crippen LogP contribution in [-0.2, 0) is 16.6 Å². The van der Waals surface area contributed by atoms with Crippen LogP contribution in [0, 0.1) is 17.8 Å². The van der Waals surface area contributed by atoms with Gasteiger partial charge in [0, 0.05) is 35.3 Å². The van der Waals surface area contributed by atoms with Gasteiger partial charge in [0.2, 0.25) is 5.91 Å². The number of hydrogen-bond acceptors (Lipinski definition) is 7. The number of aliphatic imine (C=N–C) groups is 1. The number of rotatable bonds is 3. The van der Waals surface area contributed by atoms with Crippen LogP contribution in [0.4, 0.5) is 5.69 Å². The van der Waals surface area contributed by atoms with Crippen molar-refractivity contribution in [2.75, 3.05) is 5.32 Å². The van der Waals surface area contributed by atoms with Crippen LogP contribution in [0.3, 0.4) is 0 Å². The zero-order valence-corrected chi connectivity index (χ0v) is 23.2. The zero-order valence-electron chi connectivity index (χ0n) is 22.4. The second-order valence-corrected chi connectivity index (χ2v) is 10.5. The summed E-state index contributed by atoms with van der Waals surface area (Å²) < 4.78 is 3.33. The van der Waals surface area contributed by atoms with E-state index in [0.717, 1.165) is 11.3 Å². The highest BCUT2D eigenvalue weighted by Crippen LogP contribution is 2.34. The summed E-state index contributed by atoms with van der Waals surface area (Å²) in [5.41, 5.74) is 4.31. The third-order valence-electron chi connectivity index (χ3n) is 7.33. The van der Waals surface area contributed by atoms with Crippen LogP contribution in [0.15, 0.2) is 60.1 Å². The second kappa shape index (κ2) is 11.0. The topological polar surface area (TPSA) is 123 Å². The van der Waals surface area contributed by atoms with Crippen molar-refractivity contribution in [1.82, 2.24) is 34.7 Å². The smallest absolute Gasteiger partial charge is 0.304 e. The Morgan fingerprint density at radius 1 is 1.12 bits per heavy atom. The van der Waals surface area contributed by atoms with Crippen molar-refractivity contribution in [2.45, 2.75) is 38.3 Å². The highest BCUT2D eigenvalue weighted by Gasteiger charge is 2.29. The maximum absolute atomic E-state index is 13.5. The molecule has 0 saturated carbocycles. The Morgan fingerprint density at radius 2 is 2.00 bits per heavy atom. The molecule has 2 amide bonds. The summed E-state index contributed by atoms with van der Waals surface area (Å²) in [4.78, 5) is 37.3. The first-order chi connectivity index (χ1) is 19.9. The maximum Gasteiger partial charge on any atom is 0.304 e. The number of nitrogens with zero attached hydrogens (tertiary/aromatic N) is 8. The van der Waals surface area contributed by atoms with Crippen LogP contribution >= 0.6 is 11.6 Å². The number of benzene rings is 1. The van der Waals surface area contributed by atoms with Gasteiger partial charge in [-0.1, -0.05) is 36.1 Å². The average molecular weight is 568 g/mol. The molecule has 1 unspecified atom stereocenters. The second-order valence-electron chi connectivity index (χ2n) is 10.0. The molecule has 5 heterocycles. The van der Waals surface area contributed by atoms with E-state index in [1.54, 1.807) is 51.2 Å². The number of aromatic nitrogens is 6. The summed E-state index contributed by atoms with van der Waals surface area (Å²) in [6.07, 6.45) is 10.1. The number of carbonyl (C=O) groups is 2. The molecule has 12 heteroatoms. The first-order valence-electron chi connectivity index (χ1n) is 13.2. The fourth-order valence-corrected chi connectivity index (χ4v) is 5.36. The van der Waals surface area contributed by atoms with Gasteiger partial charge < -0.3 is 5.32 Å². The van der Waals surface area contributed by atoms with E-state index in [-0.39, 0.29) is 11.8 Å². The number of aryl methyl sites for hydroxylation is 1. The van der Waals surface area contributed by atoms with Gasteiger partial charge in [-0.2, -0.15) is 5.10 Å². The Bertz CT molecular complexity index is 1720. The van der Waals surface area contributed by atoms with Crippen molar-refractivity contribution in [2.24, 2.45) is 18.0 Å². The molecule has 41 heavy (non-hydrogen) atoms. The van der Waals surface area contributed by atoms with Gasteiger partial charge in [0.1, 0.15) is 6.04 Å². The lowest BCUT2D eigenvalue weighted by molar-refractivity contribution is -0.123. The SMILES string of the molecule is C[C@@H]1CCC[C@H](N2C=NC(c3cc(Cl)ccc3-n3ccnn3)C#CC2=O)c2cc(ccn2)-c2c(cnn2C)NC1=O. The van der Waals surface area contributed by atoms with Crippen LogP contribution in [0.1, 0.15) is 49.5 Å². The van der Waals surface area contributed by atoms with E-state index < -0.39 is 18.0 Å². The number of fused-ring (bicyclic) bond motifs is 4. The standard InChI is InChI=1S/C29H26ClN9O2/c1-18-4-3-5-26(23-14-19(10-11-31-23)28-24(35-29(18)41)16-34-37(28)2)38-17-32-22(7-9-27(38)40)21-15-20(30)6-8-25(21)39-13-12-33-36-39/h6,8,10-18,22,26H,3-5H2,1-2H3,(H,35,41)/t18-,22?,26+/m1/s1. The number of halogens is 1. The minimum absolute atomic E-state index is 0.0727. The van der Waals surface area contributed by atoms with E-state index in [1.165, 1.54) is 6.34 Å². The lowest BCUT2D eigenvalue weighted by Crippen LogP contribution is -2.33. The van der Waals surface area contributed by atoms with Crippen LogP contribution in [0.5, 0.6) is 0 Å². The molecule has 0 aliphatic carbocycles. The Labute approximate surface area is 241 Å². The molecule has 6 rings (SSSR count). The zero-order chi connectivity index (χ0) is 28.5. The van der Waals surface area contributed by atoms with Gasteiger partial charge in [-0.15, -0.1) is 5.10 Å². The van der Waals surface area contributed by atoms with Crippen molar-refractivity contribution in [3.05, 3.63) is 71.4 Å². The van der Waals surface area contributed by atoms with E-state index in [0.29, 0.717) is 46.9 Å². The third-order valence-corrected chi connectivity index (χ3v) is 7.57. The van der Waals surface area contributed by atoms with E-state index >= 15 is 0 Å². The van der Waals surface area contributed by atoms with Gasteiger partial charge in [0.15, 0.2) is 0 Å². The van der Waals surface area contributed by atoms with E-state index in [4.69, 9.17) is 16.6 Å². The molecule has 1 N–H and O–H groups in total. The van der Waals surface area contributed by atoms with E-state index in [1.807, 2.05) is 32.2 Å². The largest absolute Gasteiger partial charge is 0.323 e.